The van der Waals surface area contributed by atoms with Crippen LogP contribution in [0.15, 0.2) is 112 Å². The third-order valence-electron chi connectivity index (χ3n) is 5.44. The summed E-state index contributed by atoms with van der Waals surface area (Å²) in [6.45, 7) is 0. The lowest BCUT2D eigenvalue weighted by Crippen LogP contribution is -2.18. The van der Waals surface area contributed by atoms with Crippen LogP contribution in [0, 0.1) is 0 Å². The average Bonchev–Trinajstić information content (AvgIpc) is 3.40. The standard InChI is InChI=1S/C28H20N4O3/c33-27(31-29-17-21-11-5-9-19-7-1-3-13-23(19)21)25-15-16-26(35-25)28(34)32-30-18-22-12-6-10-20-8-2-4-14-24(20)22/h1-18H,(H,31,33)(H,32,34)/b29-17+,30-18+. The maximum atomic E-state index is 12.4. The fourth-order valence-corrected chi connectivity index (χ4v) is 3.74. The first-order chi connectivity index (χ1) is 17.2. The summed E-state index contributed by atoms with van der Waals surface area (Å²) in [4.78, 5) is 24.8. The van der Waals surface area contributed by atoms with E-state index in [1.54, 1.807) is 12.4 Å². The van der Waals surface area contributed by atoms with Crippen molar-refractivity contribution in [3.63, 3.8) is 0 Å². The number of fused-ring (bicyclic) bond motifs is 2. The van der Waals surface area contributed by atoms with E-state index in [9.17, 15) is 9.59 Å². The Hall–Kier alpha value is -5.04. The molecule has 0 radical (unpaired) electrons. The second-order valence-corrected chi connectivity index (χ2v) is 7.70. The third-order valence-corrected chi connectivity index (χ3v) is 5.44. The van der Waals surface area contributed by atoms with Crippen molar-refractivity contribution in [1.29, 1.82) is 0 Å². The van der Waals surface area contributed by atoms with E-state index in [1.807, 2.05) is 84.9 Å². The Bertz CT molecular complexity index is 1470. The highest BCUT2D eigenvalue weighted by Gasteiger charge is 2.15. The van der Waals surface area contributed by atoms with Gasteiger partial charge in [-0.2, -0.15) is 10.2 Å². The number of amides is 2. The Morgan fingerprint density at radius 3 is 1.49 bits per heavy atom. The van der Waals surface area contributed by atoms with Gasteiger partial charge in [-0.15, -0.1) is 0 Å². The summed E-state index contributed by atoms with van der Waals surface area (Å²) >= 11 is 0. The molecule has 2 amide bonds. The largest absolute Gasteiger partial charge is 0.446 e. The van der Waals surface area contributed by atoms with Crippen molar-refractivity contribution in [3.8, 4) is 0 Å². The molecule has 170 valence electrons. The van der Waals surface area contributed by atoms with Crippen molar-refractivity contribution in [2.45, 2.75) is 0 Å². The molecule has 35 heavy (non-hydrogen) atoms. The number of nitrogens with zero attached hydrogens (tertiary/aromatic N) is 2. The van der Waals surface area contributed by atoms with Gasteiger partial charge >= 0.3 is 11.8 Å². The molecule has 0 unspecified atom stereocenters. The zero-order valence-electron chi connectivity index (χ0n) is 18.5. The van der Waals surface area contributed by atoms with Gasteiger partial charge in [-0.1, -0.05) is 84.9 Å². The lowest BCUT2D eigenvalue weighted by Gasteiger charge is -2.02. The van der Waals surface area contributed by atoms with Crippen molar-refractivity contribution in [1.82, 2.24) is 10.9 Å². The van der Waals surface area contributed by atoms with E-state index in [0.29, 0.717) is 0 Å². The van der Waals surface area contributed by atoms with Gasteiger partial charge in [0.05, 0.1) is 12.4 Å². The van der Waals surface area contributed by atoms with E-state index in [-0.39, 0.29) is 11.5 Å². The molecule has 1 aromatic heterocycles. The van der Waals surface area contributed by atoms with E-state index in [2.05, 4.69) is 21.1 Å². The Kier molecular flexibility index (Phi) is 6.13. The average molecular weight is 460 g/mol. The molecule has 5 rings (SSSR count). The molecule has 7 heteroatoms. The van der Waals surface area contributed by atoms with Crippen molar-refractivity contribution in [2.24, 2.45) is 10.2 Å². The molecule has 0 aliphatic rings. The van der Waals surface area contributed by atoms with Crippen LogP contribution in [0.1, 0.15) is 32.2 Å². The van der Waals surface area contributed by atoms with Gasteiger partial charge in [0.2, 0.25) is 0 Å². The van der Waals surface area contributed by atoms with Gasteiger partial charge < -0.3 is 4.42 Å². The van der Waals surface area contributed by atoms with E-state index in [4.69, 9.17) is 4.42 Å². The van der Waals surface area contributed by atoms with Gasteiger partial charge in [0, 0.05) is 11.1 Å². The molecular formula is C28H20N4O3. The molecule has 0 saturated carbocycles. The van der Waals surface area contributed by atoms with Gasteiger partial charge in [-0.25, -0.2) is 10.9 Å². The molecule has 0 saturated heterocycles. The number of furan rings is 1. The lowest BCUT2D eigenvalue weighted by atomic mass is 10.1. The maximum absolute atomic E-state index is 12.4. The molecule has 7 nitrogen and oxygen atoms in total. The molecule has 0 bridgehead atoms. The zero-order valence-corrected chi connectivity index (χ0v) is 18.5. The molecule has 0 aliphatic heterocycles. The molecule has 5 aromatic rings. The third kappa shape index (κ3) is 4.84. The van der Waals surface area contributed by atoms with Crippen molar-refractivity contribution in [3.05, 3.63) is 120 Å². The number of hydrazone groups is 2. The van der Waals surface area contributed by atoms with Crippen LogP contribution in [0.5, 0.6) is 0 Å². The van der Waals surface area contributed by atoms with E-state index in [1.165, 1.54) is 12.1 Å². The number of carbonyl (C=O) groups excluding carboxylic acids is 2. The predicted molar refractivity (Wildman–Crippen MR) is 137 cm³/mol. The van der Waals surface area contributed by atoms with Crippen LogP contribution in [-0.2, 0) is 0 Å². The summed E-state index contributed by atoms with van der Waals surface area (Å²) in [5, 5.41) is 12.2. The molecule has 0 aliphatic carbocycles. The number of hydrogen-bond donors (Lipinski definition) is 2. The Labute approximate surface area is 200 Å². The second kappa shape index (κ2) is 9.84. The summed E-state index contributed by atoms with van der Waals surface area (Å²) in [5.74, 6) is -1.22. The number of rotatable bonds is 6. The predicted octanol–water partition coefficient (Wildman–Crippen LogP) is 5.11. The second-order valence-electron chi connectivity index (χ2n) is 7.70. The van der Waals surface area contributed by atoms with E-state index < -0.39 is 11.8 Å². The summed E-state index contributed by atoms with van der Waals surface area (Å²) in [6.07, 6.45) is 3.14. The summed E-state index contributed by atoms with van der Waals surface area (Å²) in [5.41, 5.74) is 6.58. The number of benzene rings is 4. The lowest BCUT2D eigenvalue weighted by molar-refractivity contribution is 0.0902. The first-order valence-electron chi connectivity index (χ1n) is 10.9. The monoisotopic (exact) mass is 460 g/mol. The summed E-state index contributed by atoms with van der Waals surface area (Å²) in [6, 6.07) is 30.3. The van der Waals surface area contributed by atoms with Crippen LogP contribution in [0.25, 0.3) is 21.5 Å². The molecule has 4 aromatic carbocycles. The maximum Gasteiger partial charge on any atom is 0.307 e. The quantitative estimate of drug-likeness (QED) is 0.272. The van der Waals surface area contributed by atoms with Crippen molar-refractivity contribution in [2.75, 3.05) is 0 Å². The van der Waals surface area contributed by atoms with Crippen LogP contribution in [0.3, 0.4) is 0 Å². The minimum absolute atomic E-state index is 0.0387. The highest BCUT2D eigenvalue weighted by molar-refractivity contribution is 6.02. The van der Waals surface area contributed by atoms with Gasteiger partial charge in [0.15, 0.2) is 11.5 Å². The van der Waals surface area contributed by atoms with Gasteiger partial charge in [0.1, 0.15) is 0 Å². The number of carbonyl (C=O) groups is 2. The SMILES string of the molecule is O=C(N/N=C/c1cccc2ccccc12)c1ccc(C(=O)N/N=C/c2cccc3ccccc23)o1. The Morgan fingerprint density at radius 1 is 0.571 bits per heavy atom. The smallest absolute Gasteiger partial charge is 0.307 e. The number of nitrogens with one attached hydrogen (secondary N) is 2. The molecule has 0 atom stereocenters. The van der Waals surface area contributed by atoms with Crippen LogP contribution in [0.4, 0.5) is 0 Å². The van der Waals surface area contributed by atoms with Crippen LogP contribution >= 0.6 is 0 Å². The fraction of sp³-hybridized carbons (Fsp3) is 0. The minimum Gasteiger partial charge on any atom is -0.446 e. The summed E-state index contributed by atoms with van der Waals surface area (Å²) < 4.78 is 5.38. The Balaban J connectivity index is 1.21. The molecule has 2 N–H and O–H groups in total. The van der Waals surface area contributed by atoms with E-state index >= 15 is 0 Å². The molecule has 0 spiro atoms. The van der Waals surface area contributed by atoms with E-state index in [0.717, 1.165) is 32.7 Å². The zero-order chi connectivity index (χ0) is 24.0. The van der Waals surface area contributed by atoms with Crippen LogP contribution in [-0.4, -0.2) is 24.2 Å². The summed E-state index contributed by atoms with van der Waals surface area (Å²) in [7, 11) is 0. The molecular weight excluding hydrogens is 440 g/mol. The van der Waals surface area contributed by atoms with Gasteiger partial charge in [-0.3, -0.25) is 9.59 Å². The van der Waals surface area contributed by atoms with Crippen molar-refractivity contribution < 1.29 is 14.0 Å². The Morgan fingerprint density at radius 2 is 1.00 bits per heavy atom. The number of hydrogen-bond acceptors (Lipinski definition) is 5. The first kappa shape index (κ1) is 21.8. The molecule has 0 fully saturated rings. The topological polar surface area (TPSA) is 96.1 Å². The fourth-order valence-electron chi connectivity index (χ4n) is 3.74. The first-order valence-corrected chi connectivity index (χ1v) is 10.9. The van der Waals surface area contributed by atoms with Crippen molar-refractivity contribution >= 4 is 45.8 Å². The minimum atomic E-state index is -0.570. The molecule has 1 heterocycles. The van der Waals surface area contributed by atoms with Gasteiger partial charge in [0.25, 0.3) is 0 Å². The highest BCUT2D eigenvalue weighted by atomic mass is 16.4. The normalized spacial score (nSPS) is 11.4. The highest BCUT2D eigenvalue weighted by Crippen LogP contribution is 2.18. The van der Waals surface area contributed by atoms with Gasteiger partial charge in [-0.05, 0) is 33.7 Å². The van der Waals surface area contributed by atoms with Crippen LogP contribution < -0.4 is 10.9 Å². The van der Waals surface area contributed by atoms with Crippen LogP contribution in [0.2, 0.25) is 0 Å².